The summed E-state index contributed by atoms with van der Waals surface area (Å²) in [5.41, 5.74) is 9.75. The third-order valence-corrected chi connectivity index (χ3v) is 3.40. The predicted octanol–water partition coefficient (Wildman–Crippen LogP) is 2.75. The molecule has 0 amide bonds. The molecular weight excluding hydrogens is 256 g/mol. The lowest BCUT2D eigenvalue weighted by Crippen LogP contribution is -2.25. The summed E-state index contributed by atoms with van der Waals surface area (Å²) in [6.07, 6.45) is 7.77. The Bertz CT molecular complexity index is 784. The average molecular weight is 276 g/mol. The summed E-state index contributed by atoms with van der Waals surface area (Å²) in [7, 11) is 0. The van der Waals surface area contributed by atoms with Gasteiger partial charge in [0.25, 0.3) is 0 Å². The van der Waals surface area contributed by atoms with Gasteiger partial charge < -0.3 is 5.73 Å². The summed E-state index contributed by atoms with van der Waals surface area (Å²) in [6, 6.07) is 12.0. The van der Waals surface area contributed by atoms with E-state index in [2.05, 4.69) is 23.7 Å². The van der Waals surface area contributed by atoms with Gasteiger partial charge in [-0.15, -0.1) is 0 Å². The van der Waals surface area contributed by atoms with Gasteiger partial charge in [0.1, 0.15) is 0 Å². The molecule has 2 rings (SSSR count). The maximum Gasteiger partial charge on any atom is 0.0708 e. The zero-order valence-corrected chi connectivity index (χ0v) is 12.5. The van der Waals surface area contributed by atoms with E-state index in [1.807, 2.05) is 56.3 Å². The van der Waals surface area contributed by atoms with E-state index in [9.17, 15) is 0 Å². The van der Waals surface area contributed by atoms with Crippen LogP contribution >= 0.6 is 0 Å². The molecule has 0 aliphatic heterocycles. The molecule has 0 saturated carbocycles. The van der Waals surface area contributed by atoms with E-state index in [1.54, 1.807) is 6.20 Å². The lowest BCUT2D eigenvalue weighted by atomic mass is 10.1. The van der Waals surface area contributed by atoms with E-state index in [1.165, 1.54) is 0 Å². The molecule has 0 atom stereocenters. The van der Waals surface area contributed by atoms with Gasteiger partial charge in [0.05, 0.1) is 5.69 Å². The maximum absolute atomic E-state index is 5.91. The van der Waals surface area contributed by atoms with Crippen molar-refractivity contribution in [3.05, 3.63) is 76.5 Å². The van der Waals surface area contributed by atoms with E-state index in [0.717, 1.165) is 33.0 Å². The summed E-state index contributed by atoms with van der Waals surface area (Å²) >= 11 is 0. The van der Waals surface area contributed by atoms with Crippen LogP contribution in [0, 0.1) is 0 Å². The average Bonchev–Trinajstić information content (AvgIpc) is 2.53. The van der Waals surface area contributed by atoms with Gasteiger partial charge in [0, 0.05) is 17.5 Å². The Hall–Kier alpha value is -2.61. The van der Waals surface area contributed by atoms with Crippen LogP contribution in [0.5, 0.6) is 0 Å². The van der Waals surface area contributed by atoms with Crippen molar-refractivity contribution in [1.82, 2.24) is 4.98 Å². The maximum atomic E-state index is 5.91. The second-order valence-corrected chi connectivity index (χ2v) is 4.85. The number of hydrogen-bond donors (Lipinski definition) is 1. The molecule has 2 nitrogen and oxygen atoms in total. The van der Waals surface area contributed by atoms with Gasteiger partial charge in [0.15, 0.2) is 0 Å². The van der Waals surface area contributed by atoms with Crippen LogP contribution < -0.4 is 16.2 Å². The number of allylic oxidation sites excluding steroid dienone is 3. The molecule has 1 aromatic heterocycles. The summed E-state index contributed by atoms with van der Waals surface area (Å²) in [6.45, 7) is 8.05. The summed E-state index contributed by atoms with van der Waals surface area (Å²) in [5.74, 6) is 0. The van der Waals surface area contributed by atoms with Gasteiger partial charge in [-0.3, -0.25) is 4.98 Å². The third-order valence-electron chi connectivity index (χ3n) is 3.40. The van der Waals surface area contributed by atoms with E-state index < -0.39 is 0 Å². The molecule has 1 heterocycles. The van der Waals surface area contributed by atoms with Gasteiger partial charge in [-0.2, -0.15) is 0 Å². The van der Waals surface area contributed by atoms with E-state index in [4.69, 9.17) is 5.73 Å². The van der Waals surface area contributed by atoms with Crippen LogP contribution in [0.3, 0.4) is 0 Å². The Morgan fingerprint density at radius 3 is 2.67 bits per heavy atom. The minimum Gasteiger partial charge on any atom is -0.399 e. The van der Waals surface area contributed by atoms with Crippen molar-refractivity contribution >= 4 is 12.7 Å². The minimum absolute atomic E-state index is 0.784. The topological polar surface area (TPSA) is 38.9 Å². The highest BCUT2D eigenvalue weighted by Gasteiger charge is 2.00. The normalized spacial score (nSPS) is 13.5. The molecule has 106 valence electrons. The molecule has 0 spiro atoms. The number of rotatable bonds is 3. The van der Waals surface area contributed by atoms with E-state index in [-0.39, 0.29) is 0 Å². The Kier molecular flexibility index (Phi) is 4.72. The molecule has 2 N–H and O–H groups in total. The first-order chi connectivity index (χ1) is 10.1. The fourth-order valence-corrected chi connectivity index (χ4v) is 2.09. The molecule has 2 heteroatoms. The first-order valence-electron chi connectivity index (χ1n) is 6.93. The lowest BCUT2D eigenvalue weighted by Gasteiger charge is -2.03. The highest BCUT2D eigenvalue weighted by atomic mass is 14.7. The van der Waals surface area contributed by atoms with Gasteiger partial charge >= 0.3 is 0 Å². The Morgan fingerprint density at radius 2 is 2.00 bits per heavy atom. The molecule has 0 aliphatic carbocycles. The molecule has 0 radical (unpaired) electrons. The lowest BCUT2D eigenvalue weighted by molar-refractivity contribution is 1.28. The first-order valence-corrected chi connectivity index (χ1v) is 6.93. The van der Waals surface area contributed by atoms with Crippen molar-refractivity contribution in [1.29, 1.82) is 0 Å². The van der Waals surface area contributed by atoms with Crippen molar-refractivity contribution in [2.45, 2.75) is 13.8 Å². The Balaban J connectivity index is 2.62. The molecule has 21 heavy (non-hydrogen) atoms. The zero-order valence-electron chi connectivity index (χ0n) is 12.5. The smallest absolute Gasteiger partial charge is 0.0708 e. The fourth-order valence-electron chi connectivity index (χ4n) is 2.09. The summed E-state index contributed by atoms with van der Waals surface area (Å²) in [4.78, 5) is 4.42. The number of nitrogens with zero attached hydrogens (tertiary/aromatic N) is 1. The van der Waals surface area contributed by atoms with Gasteiger partial charge in [0.2, 0.25) is 0 Å². The van der Waals surface area contributed by atoms with Gasteiger partial charge in [-0.1, -0.05) is 49.1 Å². The van der Waals surface area contributed by atoms with Crippen LogP contribution in [0.1, 0.15) is 13.8 Å². The number of pyridine rings is 1. The Labute approximate surface area is 125 Å². The van der Waals surface area contributed by atoms with Crippen molar-refractivity contribution in [3.63, 3.8) is 0 Å². The summed E-state index contributed by atoms with van der Waals surface area (Å²) in [5, 5.41) is 2.04. The molecule has 0 aliphatic rings. The molecule has 1 aromatic carbocycles. The second-order valence-electron chi connectivity index (χ2n) is 4.85. The SMILES string of the molecule is C=c1cccc(-c2ccccn2)/c1=C/C=C(C)/C(N)=C/C. The summed E-state index contributed by atoms with van der Waals surface area (Å²) < 4.78 is 0. The standard InChI is InChI=1S/C19H20N2/c1-4-18(20)15(3)11-12-16-14(2)8-7-9-17(16)19-10-5-6-13-21-19/h4-13H,2,20H2,1,3H3/b15-11+,16-12+,18-4-. The van der Waals surface area contributed by atoms with Crippen LogP contribution in [0.4, 0.5) is 0 Å². The van der Waals surface area contributed by atoms with Crippen LogP contribution in [-0.4, -0.2) is 4.98 Å². The molecule has 0 bridgehead atoms. The highest BCUT2D eigenvalue weighted by molar-refractivity contribution is 5.63. The fraction of sp³-hybridized carbons (Fsp3) is 0.105. The number of benzene rings is 1. The quantitative estimate of drug-likeness (QED) is 0.876. The number of nitrogens with two attached hydrogens (primary N) is 1. The van der Waals surface area contributed by atoms with Crippen molar-refractivity contribution in [3.8, 4) is 11.3 Å². The monoisotopic (exact) mass is 276 g/mol. The number of hydrogen-bond acceptors (Lipinski definition) is 2. The van der Waals surface area contributed by atoms with Crippen LogP contribution in [-0.2, 0) is 0 Å². The van der Waals surface area contributed by atoms with Gasteiger partial charge in [-0.25, -0.2) is 0 Å². The molecular formula is C19H20N2. The van der Waals surface area contributed by atoms with E-state index >= 15 is 0 Å². The van der Waals surface area contributed by atoms with Gasteiger partial charge in [-0.05, 0) is 42.0 Å². The molecule has 0 fully saturated rings. The highest BCUT2D eigenvalue weighted by Crippen LogP contribution is 2.10. The molecule has 0 unspecified atom stereocenters. The second kappa shape index (κ2) is 6.71. The van der Waals surface area contributed by atoms with Crippen LogP contribution in [0.25, 0.3) is 23.9 Å². The van der Waals surface area contributed by atoms with Crippen LogP contribution in [0.15, 0.2) is 66.0 Å². The van der Waals surface area contributed by atoms with Crippen molar-refractivity contribution in [2.75, 3.05) is 0 Å². The Morgan fingerprint density at radius 1 is 1.19 bits per heavy atom. The van der Waals surface area contributed by atoms with Crippen molar-refractivity contribution < 1.29 is 0 Å². The van der Waals surface area contributed by atoms with Crippen molar-refractivity contribution in [2.24, 2.45) is 5.73 Å². The minimum atomic E-state index is 0.784. The van der Waals surface area contributed by atoms with E-state index in [0.29, 0.717) is 0 Å². The predicted molar refractivity (Wildman–Crippen MR) is 90.6 cm³/mol. The largest absolute Gasteiger partial charge is 0.399 e. The molecule has 0 saturated heterocycles. The first kappa shape index (κ1) is 14.8. The molecule has 2 aromatic rings. The number of aromatic nitrogens is 1. The third kappa shape index (κ3) is 3.48. The van der Waals surface area contributed by atoms with Crippen LogP contribution in [0.2, 0.25) is 0 Å². The zero-order chi connectivity index (χ0) is 15.2.